The van der Waals surface area contributed by atoms with Crippen LogP contribution in [0.5, 0.6) is 23.0 Å². The highest BCUT2D eigenvalue weighted by molar-refractivity contribution is 5.95. The van der Waals surface area contributed by atoms with Crippen molar-refractivity contribution in [3.8, 4) is 23.0 Å². The van der Waals surface area contributed by atoms with Crippen LogP contribution in [0.3, 0.4) is 0 Å². The lowest BCUT2D eigenvalue weighted by atomic mass is 10.1. The standard InChI is InChI=1S/C28H19NO2/c1-3-11-21(12-4-1)29(22-13-5-2-6-14-22)23-17-18-24-27(19-23)31-26-16-8-10-20-9-7-15-25(30-24)28(20)26/h1-19H. The molecule has 1 heterocycles. The van der Waals surface area contributed by atoms with Gasteiger partial charge in [-0.2, -0.15) is 0 Å². The molecule has 0 spiro atoms. The number of hydrogen-bond acceptors (Lipinski definition) is 3. The summed E-state index contributed by atoms with van der Waals surface area (Å²) in [6, 6.07) is 38.9. The second-order valence-electron chi connectivity index (χ2n) is 7.45. The first-order valence-electron chi connectivity index (χ1n) is 10.3. The van der Waals surface area contributed by atoms with E-state index in [-0.39, 0.29) is 0 Å². The van der Waals surface area contributed by atoms with Gasteiger partial charge in [0.15, 0.2) is 11.5 Å². The highest BCUT2D eigenvalue weighted by Crippen LogP contribution is 2.47. The van der Waals surface area contributed by atoms with Crippen molar-refractivity contribution in [2.45, 2.75) is 0 Å². The lowest BCUT2D eigenvalue weighted by Gasteiger charge is -2.26. The minimum absolute atomic E-state index is 0.693. The second kappa shape index (κ2) is 7.22. The Morgan fingerprint density at radius 1 is 0.419 bits per heavy atom. The van der Waals surface area contributed by atoms with Crippen LogP contribution < -0.4 is 14.4 Å². The van der Waals surface area contributed by atoms with Crippen molar-refractivity contribution in [1.29, 1.82) is 0 Å². The van der Waals surface area contributed by atoms with Crippen LogP contribution in [0.1, 0.15) is 0 Å². The van der Waals surface area contributed by atoms with Crippen LogP contribution in [-0.4, -0.2) is 0 Å². The SMILES string of the molecule is c1ccc(N(c2ccccc2)c2ccc3c(c2)Oc2cccc4cccc(c24)O3)cc1. The van der Waals surface area contributed by atoms with E-state index in [1.807, 2.05) is 72.8 Å². The van der Waals surface area contributed by atoms with Crippen LogP contribution >= 0.6 is 0 Å². The molecule has 3 heteroatoms. The molecular formula is C28H19NO2. The zero-order valence-corrected chi connectivity index (χ0v) is 16.7. The zero-order valence-electron chi connectivity index (χ0n) is 16.7. The number of nitrogens with zero attached hydrogens (tertiary/aromatic N) is 1. The molecule has 0 N–H and O–H groups in total. The molecule has 0 bridgehead atoms. The Morgan fingerprint density at radius 3 is 1.61 bits per heavy atom. The Bertz CT molecular complexity index is 1340. The third-order valence-electron chi connectivity index (χ3n) is 5.48. The fourth-order valence-corrected chi connectivity index (χ4v) is 4.08. The van der Waals surface area contributed by atoms with E-state index in [9.17, 15) is 0 Å². The predicted octanol–water partition coefficient (Wildman–Crippen LogP) is 8.21. The van der Waals surface area contributed by atoms with Gasteiger partial charge in [0.2, 0.25) is 0 Å². The summed E-state index contributed by atoms with van der Waals surface area (Å²) >= 11 is 0. The summed E-state index contributed by atoms with van der Waals surface area (Å²) in [5.41, 5.74) is 3.15. The molecule has 31 heavy (non-hydrogen) atoms. The first-order chi connectivity index (χ1) is 15.4. The first kappa shape index (κ1) is 17.6. The van der Waals surface area contributed by atoms with Gasteiger partial charge in [-0.05, 0) is 53.9 Å². The van der Waals surface area contributed by atoms with E-state index < -0.39 is 0 Å². The quantitative estimate of drug-likeness (QED) is 0.298. The van der Waals surface area contributed by atoms with Crippen LogP contribution in [0.15, 0.2) is 115 Å². The molecule has 1 aliphatic rings. The number of anilines is 3. The Hall–Kier alpha value is -4.24. The molecule has 1 aliphatic heterocycles. The number of ether oxygens (including phenoxy) is 2. The molecule has 5 aromatic rings. The highest BCUT2D eigenvalue weighted by Gasteiger charge is 2.21. The van der Waals surface area contributed by atoms with Gasteiger partial charge in [-0.3, -0.25) is 0 Å². The Balaban J connectivity index is 1.50. The van der Waals surface area contributed by atoms with E-state index in [4.69, 9.17) is 9.47 Å². The summed E-state index contributed by atoms with van der Waals surface area (Å²) in [7, 11) is 0. The molecule has 0 amide bonds. The number of rotatable bonds is 3. The van der Waals surface area contributed by atoms with Gasteiger partial charge in [0, 0.05) is 17.4 Å². The maximum atomic E-state index is 6.39. The summed E-state index contributed by atoms with van der Waals surface area (Å²) in [5.74, 6) is 3.00. The molecule has 6 rings (SSSR count). The molecule has 0 atom stereocenters. The molecule has 148 valence electrons. The normalized spacial score (nSPS) is 11.7. The Kier molecular flexibility index (Phi) is 4.10. The topological polar surface area (TPSA) is 21.7 Å². The van der Waals surface area contributed by atoms with Crippen LogP contribution in [0.4, 0.5) is 17.1 Å². The Labute approximate surface area is 180 Å². The molecule has 3 nitrogen and oxygen atoms in total. The third kappa shape index (κ3) is 3.08. The lowest BCUT2D eigenvalue weighted by Crippen LogP contribution is -2.09. The molecule has 0 radical (unpaired) electrons. The van der Waals surface area contributed by atoms with Gasteiger partial charge in [-0.25, -0.2) is 0 Å². The zero-order chi connectivity index (χ0) is 20.6. The van der Waals surface area contributed by atoms with Gasteiger partial charge in [0.1, 0.15) is 11.5 Å². The van der Waals surface area contributed by atoms with E-state index in [0.29, 0.717) is 11.5 Å². The average Bonchev–Trinajstić information content (AvgIpc) is 2.98. The van der Waals surface area contributed by atoms with Gasteiger partial charge < -0.3 is 14.4 Å². The molecule has 0 aliphatic carbocycles. The minimum Gasteiger partial charge on any atom is -0.453 e. The number of benzene rings is 5. The van der Waals surface area contributed by atoms with Gasteiger partial charge in [0.05, 0.1) is 11.1 Å². The van der Waals surface area contributed by atoms with E-state index in [1.54, 1.807) is 0 Å². The van der Waals surface area contributed by atoms with Crippen molar-refractivity contribution in [3.05, 3.63) is 115 Å². The van der Waals surface area contributed by atoms with Crippen LogP contribution in [0, 0.1) is 0 Å². The molecule has 0 aromatic heterocycles. The predicted molar refractivity (Wildman–Crippen MR) is 125 cm³/mol. The number of hydrogen-bond donors (Lipinski definition) is 0. The van der Waals surface area contributed by atoms with Crippen molar-refractivity contribution in [1.82, 2.24) is 0 Å². The van der Waals surface area contributed by atoms with Crippen molar-refractivity contribution in [2.75, 3.05) is 4.90 Å². The monoisotopic (exact) mass is 401 g/mol. The minimum atomic E-state index is 0.693. The van der Waals surface area contributed by atoms with Gasteiger partial charge in [-0.1, -0.05) is 60.7 Å². The average molecular weight is 401 g/mol. The van der Waals surface area contributed by atoms with E-state index in [2.05, 4.69) is 47.4 Å². The smallest absolute Gasteiger partial charge is 0.172 e. The maximum Gasteiger partial charge on any atom is 0.172 e. The number of para-hydroxylation sites is 2. The van der Waals surface area contributed by atoms with Crippen molar-refractivity contribution < 1.29 is 9.47 Å². The summed E-state index contributed by atoms with van der Waals surface area (Å²) in [4.78, 5) is 2.21. The van der Waals surface area contributed by atoms with E-state index in [1.165, 1.54) is 0 Å². The van der Waals surface area contributed by atoms with Crippen LogP contribution in [0.2, 0.25) is 0 Å². The Morgan fingerprint density at radius 2 is 1.00 bits per heavy atom. The van der Waals surface area contributed by atoms with Gasteiger partial charge in [-0.15, -0.1) is 0 Å². The summed E-state index contributed by atoms with van der Waals surface area (Å²) in [6.45, 7) is 0. The first-order valence-corrected chi connectivity index (χ1v) is 10.3. The second-order valence-corrected chi connectivity index (χ2v) is 7.45. The molecule has 5 aromatic carbocycles. The number of fused-ring (bicyclic) bond motifs is 1. The van der Waals surface area contributed by atoms with Crippen molar-refractivity contribution in [2.24, 2.45) is 0 Å². The largest absolute Gasteiger partial charge is 0.453 e. The fourth-order valence-electron chi connectivity index (χ4n) is 4.08. The van der Waals surface area contributed by atoms with Crippen LogP contribution in [-0.2, 0) is 0 Å². The molecule has 0 fully saturated rings. The maximum absolute atomic E-state index is 6.39. The van der Waals surface area contributed by atoms with Crippen molar-refractivity contribution >= 4 is 27.8 Å². The van der Waals surface area contributed by atoms with Crippen molar-refractivity contribution in [3.63, 3.8) is 0 Å². The van der Waals surface area contributed by atoms with E-state index >= 15 is 0 Å². The molecule has 0 saturated heterocycles. The highest BCUT2D eigenvalue weighted by atomic mass is 16.5. The van der Waals surface area contributed by atoms with E-state index in [0.717, 1.165) is 39.3 Å². The molecule has 0 saturated carbocycles. The van der Waals surface area contributed by atoms with Gasteiger partial charge >= 0.3 is 0 Å². The molecule has 0 unspecified atom stereocenters. The lowest BCUT2D eigenvalue weighted by molar-refractivity contribution is 0.439. The van der Waals surface area contributed by atoms with Gasteiger partial charge in [0.25, 0.3) is 0 Å². The summed E-state index contributed by atoms with van der Waals surface area (Å²) < 4.78 is 12.7. The third-order valence-corrected chi connectivity index (χ3v) is 5.48. The summed E-state index contributed by atoms with van der Waals surface area (Å²) in [6.07, 6.45) is 0. The van der Waals surface area contributed by atoms with Crippen LogP contribution in [0.25, 0.3) is 10.8 Å². The fraction of sp³-hybridized carbons (Fsp3) is 0. The molecular weight excluding hydrogens is 382 g/mol. The summed E-state index contributed by atoms with van der Waals surface area (Å²) in [5, 5.41) is 2.09.